The van der Waals surface area contributed by atoms with Gasteiger partial charge in [-0.05, 0) is 48.9 Å². The van der Waals surface area contributed by atoms with Gasteiger partial charge in [0, 0.05) is 6.07 Å². The van der Waals surface area contributed by atoms with Crippen LogP contribution in [0.1, 0.15) is 12.0 Å². The van der Waals surface area contributed by atoms with Crippen molar-refractivity contribution in [3.8, 4) is 0 Å². The third-order valence-corrected chi connectivity index (χ3v) is 5.45. The number of benzene rings is 1. The molecule has 1 aliphatic rings. The summed E-state index contributed by atoms with van der Waals surface area (Å²) in [5, 5.41) is 0. The fourth-order valence-corrected chi connectivity index (χ4v) is 4.59. The van der Waals surface area contributed by atoms with E-state index in [9.17, 15) is 17.2 Å². The van der Waals surface area contributed by atoms with E-state index in [1.54, 1.807) is 0 Å². The van der Waals surface area contributed by atoms with E-state index in [1.165, 1.54) is 12.1 Å². The fraction of sp³-hybridized carbons (Fsp3) is 0.538. The van der Waals surface area contributed by atoms with Gasteiger partial charge in [0.15, 0.2) is 9.84 Å². The highest BCUT2D eigenvalue weighted by Gasteiger charge is 2.33. The Bertz CT molecular complexity index is 540. The predicted octanol–water partition coefficient (Wildman–Crippen LogP) is 1.52. The molecule has 19 heavy (non-hydrogen) atoms. The Morgan fingerprint density at radius 3 is 2.37 bits per heavy atom. The van der Waals surface area contributed by atoms with Crippen LogP contribution in [0.2, 0.25) is 0 Å². The van der Waals surface area contributed by atoms with Gasteiger partial charge in [-0.1, -0.05) is 0 Å². The minimum Gasteiger partial charge on any atom is -0.330 e. The molecule has 1 fully saturated rings. The molecule has 2 atom stereocenters. The van der Waals surface area contributed by atoms with E-state index >= 15 is 0 Å². The van der Waals surface area contributed by atoms with Crippen molar-refractivity contribution < 1.29 is 17.2 Å². The molecule has 1 aliphatic heterocycles. The van der Waals surface area contributed by atoms with Gasteiger partial charge in [-0.2, -0.15) is 0 Å². The largest absolute Gasteiger partial charge is 0.330 e. The molecule has 0 bridgehead atoms. The molecule has 1 heterocycles. The second-order valence-electron chi connectivity index (χ2n) is 5.14. The molecular formula is C13H17F2NO2S. The average Bonchev–Trinajstić information content (AvgIpc) is 2.65. The smallest absolute Gasteiger partial charge is 0.150 e. The highest BCUT2D eigenvalue weighted by atomic mass is 32.2. The molecule has 0 spiro atoms. The lowest BCUT2D eigenvalue weighted by atomic mass is 9.86. The first kappa shape index (κ1) is 14.4. The lowest BCUT2D eigenvalue weighted by Crippen LogP contribution is -2.26. The molecule has 2 rings (SSSR count). The van der Waals surface area contributed by atoms with Crippen LogP contribution in [0.5, 0.6) is 0 Å². The van der Waals surface area contributed by atoms with Gasteiger partial charge in [0.05, 0.1) is 11.5 Å². The van der Waals surface area contributed by atoms with Crippen molar-refractivity contribution in [3.05, 3.63) is 35.4 Å². The number of hydrogen-bond acceptors (Lipinski definition) is 3. The minimum absolute atomic E-state index is 0.0127. The van der Waals surface area contributed by atoms with Gasteiger partial charge in [0.1, 0.15) is 11.6 Å². The van der Waals surface area contributed by atoms with E-state index in [1.807, 2.05) is 0 Å². The summed E-state index contributed by atoms with van der Waals surface area (Å²) in [6.45, 7) is 0.318. The van der Waals surface area contributed by atoms with E-state index in [2.05, 4.69) is 0 Å². The zero-order valence-corrected chi connectivity index (χ0v) is 11.3. The number of rotatable bonds is 4. The van der Waals surface area contributed by atoms with Gasteiger partial charge in [-0.25, -0.2) is 17.2 Å². The van der Waals surface area contributed by atoms with Gasteiger partial charge < -0.3 is 5.73 Å². The van der Waals surface area contributed by atoms with Crippen LogP contribution in [0, 0.1) is 23.5 Å². The van der Waals surface area contributed by atoms with Crippen molar-refractivity contribution >= 4 is 9.84 Å². The Morgan fingerprint density at radius 2 is 1.89 bits per heavy atom. The van der Waals surface area contributed by atoms with Crippen LogP contribution in [0.3, 0.4) is 0 Å². The summed E-state index contributed by atoms with van der Waals surface area (Å²) in [5.41, 5.74) is 6.21. The summed E-state index contributed by atoms with van der Waals surface area (Å²) in [5.74, 6) is -0.993. The summed E-state index contributed by atoms with van der Waals surface area (Å²) in [6, 6.07) is 3.37. The highest BCUT2D eigenvalue weighted by molar-refractivity contribution is 7.91. The van der Waals surface area contributed by atoms with E-state index in [0.717, 1.165) is 6.07 Å². The first-order valence-electron chi connectivity index (χ1n) is 6.25. The standard InChI is InChI=1S/C13H17F2NO2S/c14-12-4-9(5-13(15)6-12)3-11(7-16)10-1-2-19(17,18)8-10/h4-6,10-11H,1-3,7-8,16H2. The lowest BCUT2D eigenvalue weighted by Gasteiger charge is -2.20. The zero-order valence-electron chi connectivity index (χ0n) is 10.5. The average molecular weight is 289 g/mol. The Labute approximate surface area is 111 Å². The first-order valence-corrected chi connectivity index (χ1v) is 8.07. The SMILES string of the molecule is NCC(Cc1cc(F)cc(F)c1)C1CCS(=O)(=O)C1. The molecule has 106 valence electrons. The van der Waals surface area contributed by atoms with Crippen LogP contribution in [0.25, 0.3) is 0 Å². The molecule has 3 nitrogen and oxygen atoms in total. The maximum absolute atomic E-state index is 13.1. The molecule has 0 aromatic heterocycles. The highest BCUT2D eigenvalue weighted by Crippen LogP contribution is 2.28. The number of nitrogens with two attached hydrogens (primary N) is 1. The molecule has 1 saturated heterocycles. The number of sulfone groups is 1. The zero-order chi connectivity index (χ0) is 14.0. The Balaban J connectivity index is 2.11. The molecule has 1 aromatic carbocycles. The summed E-state index contributed by atoms with van der Waals surface area (Å²) in [4.78, 5) is 0. The quantitative estimate of drug-likeness (QED) is 0.914. The van der Waals surface area contributed by atoms with Crippen LogP contribution >= 0.6 is 0 Å². The van der Waals surface area contributed by atoms with Crippen molar-refractivity contribution in [2.24, 2.45) is 17.6 Å². The normalized spacial score (nSPS) is 23.4. The topological polar surface area (TPSA) is 60.2 Å². The third-order valence-electron chi connectivity index (χ3n) is 3.66. The monoisotopic (exact) mass is 289 g/mol. The maximum Gasteiger partial charge on any atom is 0.150 e. The maximum atomic E-state index is 13.1. The van der Waals surface area contributed by atoms with E-state index in [0.29, 0.717) is 24.9 Å². The van der Waals surface area contributed by atoms with Crippen molar-refractivity contribution in [2.45, 2.75) is 12.8 Å². The van der Waals surface area contributed by atoms with Crippen molar-refractivity contribution in [2.75, 3.05) is 18.1 Å². The van der Waals surface area contributed by atoms with Gasteiger partial charge in [-0.15, -0.1) is 0 Å². The lowest BCUT2D eigenvalue weighted by molar-refractivity contribution is 0.369. The van der Waals surface area contributed by atoms with Gasteiger partial charge in [0.25, 0.3) is 0 Å². The molecule has 6 heteroatoms. The Hall–Kier alpha value is -1.01. The van der Waals surface area contributed by atoms with E-state index < -0.39 is 21.5 Å². The second-order valence-corrected chi connectivity index (χ2v) is 7.37. The van der Waals surface area contributed by atoms with Crippen LogP contribution in [0.15, 0.2) is 18.2 Å². The molecule has 0 aliphatic carbocycles. The Morgan fingerprint density at radius 1 is 1.26 bits per heavy atom. The fourth-order valence-electron chi connectivity index (χ4n) is 2.67. The van der Waals surface area contributed by atoms with Gasteiger partial charge in [0.2, 0.25) is 0 Å². The van der Waals surface area contributed by atoms with Crippen molar-refractivity contribution in [3.63, 3.8) is 0 Å². The van der Waals surface area contributed by atoms with Crippen LogP contribution < -0.4 is 5.73 Å². The minimum atomic E-state index is -2.96. The van der Waals surface area contributed by atoms with Crippen molar-refractivity contribution in [1.29, 1.82) is 0 Å². The van der Waals surface area contributed by atoms with E-state index in [4.69, 9.17) is 5.73 Å². The second kappa shape index (κ2) is 5.54. The summed E-state index contributed by atoms with van der Waals surface area (Å²) < 4.78 is 49.2. The first-order chi connectivity index (χ1) is 8.89. The summed E-state index contributed by atoms with van der Waals surface area (Å²) in [6.07, 6.45) is 0.993. The number of halogens is 2. The van der Waals surface area contributed by atoms with E-state index in [-0.39, 0.29) is 23.3 Å². The molecule has 2 N–H and O–H groups in total. The van der Waals surface area contributed by atoms with Crippen LogP contribution in [-0.2, 0) is 16.3 Å². The van der Waals surface area contributed by atoms with Gasteiger partial charge in [-0.3, -0.25) is 0 Å². The molecule has 0 radical (unpaired) electrons. The van der Waals surface area contributed by atoms with Crippen LogP contribution in [0.4, 0.5) is 8.78 Å². The Kier molecular flexibility index (Phi) is 4.20. The molecule has 1 aromatic rings. The number of hydrogen-bond donors (Lipinski definition) is 1. The summed E-state index contributed by atoms with van der Waals surface area (Å²) in [7, 11) is -2.96. The molecule has 0 saturated carbocycles. The van der Waals surface area contributed by atoms with Crippen molar-refractivity contribution in [1.82, 2.24) is 0 Å². The molecular weight excluding hydrogens is 272 g/mol. The third kappa shape index (κ3) is 3.73. The molecule has 0 amide bonds. The van der Waals surface area contributed by atoms with Crippen LogP contribution in [-0.4, -0.2) is 26.5 Å². The molecule has 2 unspecified atom stereocenters. The summed E-state index contributed by atoms with van der Waals surface area (Å²) >= 11 is 0. The van der Waals surface area contributed by atoms with Gasteiger partial charge >= 0.3 is 0 Å². The predicted molar refractivity (Wildman–Crippen MR) is 69.4 cm³/mol.